The summed E-state index contributed by atoms with van der Waals surface area (Å²) in [7, 11) is 1.43. The van der Waals surface area contributed by atoms with Crippen molar-refractivity contribution in [3.8, 4) is 11.3 Å². The maximum atomic E-state index is 13.9. The summed E-state index contributed by atoms with van der Waals surface area (Å²) in [5.74, 6) is -0.657. The molecule has 13 nitrogen and oxygen atoms in total. The van der Waals surface area contributed by atoms with Crippen LogP contribution in [-0.4, -0.2) is 99.5 Å². The van der Waals surface area contributed by atoms with E-state index in [2.05, 4.69) is 21.0 Å². The number of benzene rings is 2. The molecule has 13 heteroatoms. The SMILES string of the molecule is CN(C(=O)O)[C@H](CNN(Cc1ccc(-c2ccccn2)cc1)C[C@H](O)[C@H](Cc1ccccc1)NC(=O)[C@@H]1C[C@H](NC(=O)OC(C)(C)C)C1(C)C)C(C)(C)C=O. The fourth-order valence-corrected chi connectivity index (χ4v) is 6.90. The molecule has 1 fully saturated rings. The van der Waals surface area contributed by atoms with Crippen LogP contribution in [0.15, 0.2) is 79.0 Å². The number of hydrazine groups is 1. The number of pyridine rings is 1. The molecular formula is C42H58N6O7. The van der Waals surface area contributed by atoms with Gasteiger partial charge in [-0.3, -0.25) is 15.2 Å². The first-order valence-corrected chi connectivity index (χ1v) is 18.7. The van der Waals surface area contributed by atoms with Crippen molar-refractivity contribution >= 4 is 24.4 Å². The Hall–Kier alpha value is -4.85. The van der Waals surface area contributed by atoms with Gasteiger partial charge in [-0.15, -0.1) is 0 Å². The zero-order valence-corrected chi connectivity index (χ0v) is 33.3. The number of nitrogens with one attached hydrogen (secondary N) is 3. The molecule has 5 N–H and O–H groups in total. The molecule has 1 saturated carbocycles. The summed E-state index contributed by atoms with van der Waals surface area (Å²) < 4.78 is 5.44. The number of hydrogen-bond donors (Lipinski definition) is 5. The van der Waals surface area contributed by atoms with Gasteiger partial charge in [0, 0.05) is 55.8 Å². The predicted molar refractivity (Wildman–Crippen MR) is 211 cm³/mol. The van der Waals surface area contributed by atoms with E-state index in [1.54, 1.807) is 45.8 Å². The van der Waals surface area contributed by atoms with Gasteiger partial charge in [-0.2, -0.15) is 0 Å². The van der Waals surface area contributed by atoms with E-state index in [1.165, 1.54) is 7.05 Å². The maximum Gasteiger partial charge on any atom is 0.407 e. The van der Waals surface area contributed by atoms with Gasteiger partial charge < -0.3 is 35.3 Å². The van der Waals surface area contributed by atoms with E-state index in [0.29, 0.717) is 19.4 Å². The van der Waals surface area contributed by atoms with Gasteiger partial charge in [-0.25, -0.2) is 14.6 Å². The van der Waals surface area contributed by atoms with Crippen molar-refractivity contribution in [2.75, 3.05) is 20.1 Å². The first kappa shape index (κ1) is 42.9. The zero-order chi connectivity index (χ0) is 40.6. The highest BCUT2D eigenvalue weighted by molar-refractivity contribution is 5.82. The van der Waals surface area contributed by atoms with Crippen LogP contribution in [0.5, 0.6) is 0 Å². The third-order valence-electron chi connectivity index (χ3n) is 10.5. The van der Waals surface area contributed by atoms with Crippen LogP contribution in [0, 0.1) is 16.7 Å². The lowest BCUT2D eigenvalue weighted by Crippen LogP contribution is -2.64. The summed E-state index contributed by atoms with van der Waals surface area (Å²) in [6, 6.07) is 21.4. The highest BCUT2D eigenvalue weighted by atomic mass is 16.6. The average Bonchev–Trinajstić information content (AvgIpc) is 3.13. The largest absolute Gasteiger partial charge is 0.465 e. The van der Waals surface area contributed by atoms with Crippen molar-refractivity contribution < 1.29 is 34.1 Å². The highest BCUT2D eigenvalue weighted by Gasteiger charge is 2.53. The van der Waals surface area contributed by atoms with Crippen LogP contribution in [-0.2, 0) is 27.3 Å². The van der Waals surface area contributed by atoms with E-state index in [1.807, 2.05) is 86.6 Å². The Morgan fingerprint density at radius 1 is 0.982 bits per heavy atom. The number of amides is 3. The molecule has 4 rings (SSSR count). The van der Waals surface area contributed by atoms with Gasteiger partial charge in [0.15, 0.2) is 0 Å². The molecule has 0 unspecified atom stereocenters. The molecule has 1 aromatic heterocycles. The molecule has 0 bridgehead atoms. The maximum absolute atomic E-state index is 13.9. The van der Waals surface area contributed by atoms with Gasteiger partial charge in [0.25, 0.3) is 0 Å². The number of carbonyl (C=O) groups is 4. The molecule has 0 radical (unpaired) electrons. The fourth-order valence-electron chi connectivity index (χ4n) is 6.90. The van der Waals surface area contributed by atoms with Gasteiger partial charge in [0.2, 0.25) is 5.91 Å². The minimum Gasteiger partial charge on any atom is -0.465 e. The number of likely N-dealkylation sites (N-methyl/N-ethyl adjacent to an activating group) is 1. The van der Waals surface area contributed by atoms with Crippen LogP contribution in [0.4, 0.5) is 9.59 Å². The first-order chi connectivity index (χ1) is 25.8. The van der Waals surface area contributed by atoms with E-state index in [9.17, 15) is 29.4 Å². The molecule has 2 aromatic carbocycles. The Labute approximate surface area is 324 Å². The van der Waals surface area contributed by atoms with Gasteiger partial charge in [-0.1, -0.05) is 88.4 Å². The van der Waals surface area contributed by atoms with Crippen molar-refractivity contribution in [2.24, 2.45) is 16.7 Å². The Morgan fingerprint density at radius 2 is 1.64 bits per heavy atom. The van der Waals surface area contributed by atoms with Crippen molar-refractivity contribution in [3.05, 3.63) is 90.1 Å². The lowest BCUT2D eigenvalue weighted by atomic mass is 9.58. The Kier molecular flexibility index (Phi) is 14.2. The summed E-state index contributed by atoms with van der Waals surface area (Å²) in [6.07, 6.45) is 0.445. The van der Waals surface area contributed by atoms with Crippen molar-refractivity contribution in [1.82, 2.24) is 31.0 Å². The van der Waals surface area contributed by atoms with Crippen molar-refractivity contribution in [1.29, 1.82) is 0 Å². The number of hydrogen-bond acceptors (Lipinski definition) is 9. The third-order valence-corrected chi connectivity index (χ3v) is 10.5. The summed E-state index contributed by atoms with van der Waals surface area (Å²) in [4.78, 5) is 56.2. The van der Waals surface area contributed by atoms with Crippen LogP contribution in [0.25, 0.3) is 11.3 Å². The monoisotopic (exact) mass is 758 g/mol. The molecule has 0 aliphatic heterocycles. The summed E-state index contributed by atoms with van der Waals surface area (Å²) in [6.45, 7) is 13.0. The molecule has 1 aliphatic rings. The van der Waals surface area contributed by atoms with Crippen LogP contribution in [0.3, 0.4) is 0 Å². The number of aliphatic hydroxyl groups excluding tert-OH is 1. The smallest absolute Gasteiger partial charge is 0.407 e. The summed E-state index contributed by atoms with van der Waals surface area (Å²) in [5.41, 5.74) is 4.66. The number of ether oxygens (including phenoxy) is 1. The Balaban J connectivity index is 1.56. The molecule has 3 aromatic rings. The van der Waals surface area contributed by atoms with Gasteiger partial charge in [0.05, 0.1) is 23.9 Å². The van der Waals surface area contributed by atoms with Crippen molar-refractivity contribution in [2.45, 2.75) is 97.7 Å². The number of alkyl carbamates (subject to hydrolysis) is 1. The number of aliphatic hydroxyl groups is 1. The third kappa shape index (κ3) is 11.8. The van der Waals surface area contributed by atoms with Gasteiger partial charge in [-0.05, 0) is 62.3 Å². The van der Waals surface area contributed by atoms with Crippen molar-refractivity contribution in [3.63, 3.8) is 0 Å². The minimum absolute atomic E-state index is 0.0433. The fraction of sp³-hybridized carbons (Fsp3) is 0.500. The normalized spacial score (nSPS) is 18.3. The lowest BCUT2D eigenvalue weighted by molar-refractivity contribution is -0.139. The molecular weight excluding hydrogens is 700 g/mol. The molecule has 3 amide bonds. The van der Waals surface area contributed by atoms with E-state index in [-0.39, 0.29) is 25.0 Å². The minimum atomic E-state index is -1.17. The van der Waals surface area contributed by atoms with E-state index < -0.39 is 52.7 Å². The molecule has 1 aliphatic carbocycles. The first-order valence-electron chi connectivity index (χ1n) is 18.7. The average molecular weight is 759 g/mol. The number of carboxylic acid groups (broad SMARTS) is 1. The quantitative estimate of drug-likeness (QED) is 0.0900. The number of rotatable bonds is 17. The molecule has 0 spiro atoms. The van der Waals surface area contributed by atoms with Crippen LogP contribution < -0.4 is 16.1 Å². The number of nitrogens with zero attached hydrogens (tertiary/aromatic N) is 3. The van der Waals surface area contributed by atoms with E-state index >= 15 is 0 Å². The van der Waals surface area contributed by atoms with Gasteiger partial charge in [0.1, 0.15) is 11.9 Å². The molecule has 1 heterocycles. The topological polar surface area (TPSA) is 173 Å². The van der Waals surface area contributed by atoms with Crippen LogP contribution in [0.2, 0.25) is 0 Å². The molecule has 5 atom stereocenters. The Morgan fingerprint density at radius 3 is 2.20 bits per heavy atom. The second kappa shape index (κ2) is 18.2. The van der Waals surface area contributed by atoms with Crippen LogP contribution >= 0.6 is 0 Å². The second-order valence-corrected chi connectivity index (χ2v) is 16.7. The molecule has 55 heavy (non-hydrogen) atoms. The highest BCUT2D eigenvalue weighted by Crippen LogP contribution is 2.46. The Bertz CT molecular complexity index is 1730. The zero-order valence-electron chi connectivity index (χ0n) is 33.3. The van der Waals surface area contributed by atoms with E-state index in [4.69, 9.17) is 4.74 Å². The number of aromatic nitrogens is 1. The number of aldehydes is 1. The standard InChI is InChI=1S/C42H58N6O7/c1-40(2,3)55-38(52)46-35-23-31(42(35,6)7)37(51)45-33(22-28-14-10-9-11-15-28)34(50)26-48(44-24-36(41(4,5)27-49)47(8)39(53)54)25-29-17-19-30(20-18-29)32-16-12-13-21-43-32/h9-21,27,31,33-36,44,50H,22-26H2,1-8H3,(H,45,51)(H,46,52)(H,53,54)/t31-,33-,34-,35-,36+/m0/s1. The second-order valence-electron chi connectivity index (χ2n) is 16.7. The molecule has 298 valence electrons. The molecule has 0 saturated heterocycles. The predicted octanol–water partition coefficient (Wildman–Crippen LogP) is 5.29. The van der Waals surface area contributed by atoms with E-state index in [0.717, 1.165) is 33.6 Å². The lowest BCUT2D eigenvalue weighted by Gasteiger charge is -2.51. The van der Waals surface area contributed by atoms with Crippen LogP contribution in [0.1, 0.15) is 66.0 Å². The summed E-state index contributed by atoms with van der Waals surface area (Å²) >= 11 is 0. The summed E-state index contributed by atoms with van der Waals surface area (Å²) in [5, 5.41) is 29.6. The number of carbonyl (C=O) groups excluding carboxylic acids is 3. The van der Waals surface area contributed by atoms with Gasteiger partial charge >= 0.3 is 12.2 Å².